The first kappa shape index (κ1) is 11.3. The van der Waals surface area contributed by atoms with Gasteiger partial charge >= 0.3 is 37.7 Å². The van der Waals surface area contributed by atoms with E-state index in [0.717, 1.165) is 12.8 Å². The van der Waals surface area contributed by atoms with Crippen LogP contribution in [0.25, 0.3) is 0 Å². The molecule has 0 rings (SSSR count). The van der Waals surface area contributed by atoms with Crippen LogP contribution in [0.4, 0.5) is 0 Å². The van der Waals surface area contributed by atoms with Crippen molar-refractivity contribution < 1.29 is 5.11 Å². The predicted molar refractivity (Wildman–Crippen MR) is 35.6 cm³/mol. The Morgan fingerprint density at radius 1 is 1.29 bits per heavy atom. The van der Waals surface area contributed by atoms with Crippen LogP contribution < -0.4 is 0 Å². The van der Waals surface area contributed by atoms with Gasteiger partial charge in [0.1, 0.15) is 0 Å². The zero-order valence-electron chi connectivity index (χ0n) is 3.65. The molecule has 0 amide bonds. The van der Waals surface area contributed by atoms with Gasteiger partial charge in [-0.05, 0) is 12.8 Å². The van der Waals surface area contributed by atoms with Crippen LogP contribution in [0.1, 0.15) is 12.8 Å². The summed E-state index contributed by atoms with van der Waals surface area (Å²) in [6.07, 6.45) is 1.77. The Bertz CT molecular complexity index is 23.7. The van der Waals surface area contributed by atoms with Crippen molar-refractivity contribution in [1.29, 1.82) is 0 Å². The third-order valence-electron chi connectivity index (χ3n) is 0.542. The number of alkyl halides is 1. The maximum atomic E-state index is 8.14. The van der Waals surface area contributed by atoms with Crippen molar-refractivity contribution in [3.05, 3.63) is 0 Å². The molecule has 0 aromatic carbocycles. The Morgan fingerprint density at radius 3 is 2.00 bits per heavy atom. The monoisotopic (exact) mass is 150 g/mol. The average Bonchev–Trinajstić information content (AvgIpc) is 1.61. The first-order chi connectivity index (χ1) is 2.91. The third kappa shape index (κ3) is 11.2. The number of aliphatic hydroxyl groups excluding tert-OH is 1. The molecule has 42 valence electrons. The molecule has 0 aliphatic rings. The van der Waals surface area contributed by atoms with Gasteiger partial charge in [-0.25, -0.2) is 0 Å². The molecule has 0 spiro atoms. The van der Waals surface area contributed by atoms with Crippen molar-refractivity contribution in [3.63, 3.8) is 0 Å². The normalized spacial score (nSPS) is 7.71. The minimum absolute atomic E-state index is 0. The molecule has 0 aromatic rings. The van der Waals surface area contributed by atoms with E-state index in [1.54, 1.807) is 0 Å². The second kappa shape index (κ2) is 10.5. The fraction of sp³-hybridized carbons (Fsp3) is 1.00. The van der Waals surface area contributed by atoms with Gasteiger partial charge in [0.2, 0.25) is 0 Å². The van der Waals surface area contributed by atoms with Crippen LogP contribution in [-0.4, -0.2) is 55.3 Å². The van der Waals surface area contributed by atoms with Crippen molar-refractivity contribution in [1.82, 2.24) is 0 Å². The first-order valence-corrected chi connectivity index (χ1v) is 2.62. The van der Waals surface area contributed by atoms with Crippen LogP contribution in [0.2, 0.25) is 0 Å². The predicted octanol–water partition coefficient (Wildman–Crippen LogP) is 0.0815. The number of unbranched alkanes of at least 4 members (excludes halogenated alkanes) is 1. The second-order valence-corrected chi connectivity index (χ2v) is 1.50. The van der Waals surface area contributed by atoms with Gasteiger partial charge in [0.15, 0.2) is 0 Å². The molecule has 0 saturated carbocycles. The molecular weight excluding hydrogens is 140 g/mol. The standard InChI is InChI=1S/C4H9ClO.Ca.2H/c5-3-1-2-4-6;;;/h6H,1-4H2;;;. The van der Waals surface area contributed by atoms with E-state index in [0.29, 0.717) is 5.88 Å². The van der Waals surface area contributed by atoms with Gasteiger partial charge in [0, 0.05) is 12.5 Å². The summed E-state index contributed by atoms with van der Waals surface area (Å²) in [5.74, 6) is 0.667. The van der Waals surface area contributed by atoms with Crippen LogP contribution in [0, 0.1) is 0 Å². The SMILES string of the molecule is OCCCCCl.[CaH2]. The van der Waals surface area contributed by atoms with Crippen LogP contribution in [0.5, 0.6) is 0 Å². The van der Waals surface area contributed by atoms with Crippen LogP contribution in [0.3, 0.4) is 0 Å². The fourth-order valence-electron chi connectivity index (χ4n) is 0.206. The average molecular weight is 151 g/mol. The van der Waals surface area contributed by atoms with E-state index in [1.165, 1.54) is 0 Å². The molecule has 0 radical (unpaired) electrons. The zero-order valence-corrected chi connectivity index (χ0v) is 4.41. The van der Waals surface area contributed by atoms with E-state index in [1.807, 2.05) is 0 Å². The van der Waals surface area contributed by atoms with Gasteiger partial charge in [0.05, 0.1) is 0 Å². The summed E-state index contributed by atoms with van der Waals surface area (Å²) in [6, 6.07) is 0. The molecule has 0 saturated heterocycles. The van der Waals surface area contributed by atoms with Crippen LogP contribution in [-0.2, 0) is 0 Å². The van der Waals surface area contributed by atoms with Crippen molar-refractivity contribution >= 4 is 49.3 Å². The number of hydrogen-bond donors (Lipinski definition) is 1. The fourth-order valence-corrected chi connectivity index (χ4v) is 0.395. The van der Waals surface area contributed by atoms with Gasteiger partial charge in [-0.2, -0.15) is 0 Å². The molecule has 0 fully saturated rings. The van der Waals surface area contributed by atoms with E-state index >= 15 is 0 Å². The molecule has 1 nitrogen and oxygen atoms in total. The van der Waals surface area contributed by atoms with Gasteiger partial charge in [0.25, 0.3) is 0 Å². The van der Waals surface area contributed by atoms with Crippen molar-refractivity contribution in [2.24, 2.45) is 0 Å². The van der Waals surface area contributed by atoms with Crippen molar-refractivity contribution in [2.75, 3.05) is 12.5 Å². The molecule has 0 heterocycles. The Morgan fingerprint density at radius 2 is 1.86 bits per heavy atom. The van der Waals surface area contributed by atoms with E-state index in [9.17, 15) is 0 Å². The van der Waals surface area contributed by atoms with E-state index < -0.39 is 0 Å². The number of aliphatic hydroxyl groups is 1. The number of halogens is 1. The van der Waals surface area contributed by atoms with E-state index in [-0.39, 0.29) is 44.3 Å². The maximum absolute atomic E-state index is 8.14. The van der Waals surface area contributed by atoms with Crippen LogP contribution in [0.15, 0.2) is 0 Å². The van der Waals surface area contributed by atoms with Crippen molar-refractivity contribution in [3.8, 4) is 0 Å². The Balaban J connectivity index is 0. The summed E-state index contributed by atoms with van der Waals surface area (Å²) in [5, 5.41) is 8.14. The molecule has 0 atom stereocenters. The zero-order chi connectivity index (χ0) is 4.83. The van der Waals surface area contributed by atoms with E-state index in [4.69, 9.17) is 16.7 Å². The minimum atomic E-state index is 0. The summed E-state index contributed by atoms with van der Waals surface area (Å²) in [4.78, 5) is 0. The summed E-state index contributed by atoms with van der Waals surface area (Å²) in [6.45, 7) is 0.271. The van der Waals surface area contributed by atoms with Gasteiger partial charge in [-0.15, -0.1) is 11.6 Å². The molecule has 0 unspecified atom stereocenters. The summed E-state index contributed by atoms with van der Waals surface area (Å²) in [7, 11) is 0. The number of hydrogen-bond acceptors (Lipinski definition) is 1. The molecule has 0 bridgehead atoms. The Kier molecular flexibility index (Phi) is 17.0. The quantitative estimate of drug-likeness (QED) is 0.343. The molecule has 0 aliphatic carbocycles. The molecule has 7 heavy (non-hydrogen) atoms. The first-order valence-electron chi connectivity index (χ1n) is 2.08. The van der Waals surface area contributed by atoms with Crippen LogP contribution >= 0.6 is 11.6 Å². The Labute approximate surface area is 79.0 Å². The van der Waals surface area contributed by atoms with Gasteiger partial charge in [-0.3, -0.25) is 0 Å². The summed E-state index contributed by atoms with van der Waals surface area (Å²) >= 11 is 5.27. The molecule has 0 aliphatic heterocycles. The topological polar surface area (TPSA) is 20.2 Å². The molecule has 0 aromatic heterocycles. The number of rotatable bonds is 3. The second-order valence-electron chi connectivity index (χ2n) is 1.12. The van der Waals surface area contributed by atoms with Crippen molar-refractivity contribution in [2.45, 2.75) is 12.8 Å². The molecule has 3 heteroatoms. The summed E-state index contributed by atoms with van der Waals surface area (Å²) in [5.41, 5.74) is 0. The van der Waals surface area contributed by atoms with E-state index in [2.05, 4.69) is 0 Å². The molecule has 1 N–H and O–H groups in total. The van der Waals surface area contributed by atoms with Gasteiger partial charge in [-0.1, -0.05) is 0 Å². The Hall–Kier alpha value is 1.51. The molecular formula is C4H11CaClO. The third-order valence-corrected chi connectivity index (χ3v) is 0.809. The summed E-state index contributed by atoms with van der Waals surface area (Å²) < 4.78 is 0. The van der Waals surface area contributed by atoms with Gasteiger partial charge < -0.3 is 5.11 Å².